The van der Waals surface area contributed by atoms with E-state index in [2.05, 4.69) is 57.4 Å². The zero-order valence-corrected chi connectivity index (χ0v) is 16.0. The molecule has 1 N–H and O–H groups in total. The van der Waals surface area contributed by atoms with Crippen LogP contribution in [0.15, 0.2) is 41.8 Å². The van der Waals surface area contributed by atoms with Crippen LogP contribution in [0.3, 0.4) is 0 Å². The van der Waals surface area contributed by atoms with Gasteiger partial charge in [-0.3, -0.25) is 4.79 Å². The fourth-order valence-electron chi connectivity index (χ4n) is 3.75. The molecule has 3 aromatic rings. The fourth-order valence-corrected chi connectivity index (χ4v) is 4.58. The number of hydrogen-bond acceptors (Lipinski definition) is 3. The minimum absolute atomic E-state index is 0.0280. The normalized spacial score (nSPS) is 15.0. The molecule has 0 radical (unpaired) electrons. The van der Waals surface area contributed by atoms with Crippen molar-refractivity contribution in [2.75, 3.05) is 26.2 Å². The second-order valence-corrected chi connectivity index (χ2v) is 8.03. The van der Waals surface area contributed by atoms with Gasteiger partial charge in [-0.25, -0.2) is 0 Å². The van der Waals surface area contributed by atoms with E-state index in [1.54, 1.807) is 11.3 Å². The molecule has 1 amide bonds. The number of likely N-dealkylation sites (tertiary alicyclic amines) is 1. The molecule has 136 valence electrons. The van der Waals surface area contributed by atoms with Gasteiger partial charge >= 0.3 is 0 Å². The summed E-state index contributed by atoms with van der Waals surface area (Å²) >= 11 is 1.69. The Bertz CT molecular complexity index is 905. The summed E-state index contributed by atoms with van der Waals surface area (Å²) in [5.41, 5.74) is 4.36. The largest absolute Gasteiger partial charge is 0.349 e. The van der Waals surface area contributed by atoms with E-state index in [0.29, 0.717) is 6.54 Å². The molecule has 0 atom stereocenters. The zero-order valence-electron chi connectivity index (χ0n) is 15.2. The lowest BCUT2D eigenvalue weighted by molar-refractivity contribution is 0.0941. The molecule has 4 nitrogen and oxygen atoms in total. The minimum Gasteiger partial charge on any atom is -0.349 e. The maximum atomic E-state index is 12.8. The topological polar surface area (TPSA) is 37.3 Å². The fraction of sp³-hybridized carbons (Fsp3) is 0.381. The van der Waals surface area contributed by atoms with Crippen LogP contribution in [0.2, 0.25) is 0 Å². The molecule has 0 unspecified atom stereocenters. The van der Waals surface area contributed by atoms with Crippen LogP contribution >= 0.6 is 11.3 Å². The Morgan fingerprint density at radius 1 is 1.19 bits per heavy atom. The van der Waals surface area contributed by atoms with E-state index in [1.807, 2.05) is 6.07 Å². The van der Waals surface area contributed by atoms with E-state index in [0.717, 1.165) is 37.4 Å². The van der Waals surface area contributed by atoms with Crippen molar-refractivity contribution in [1.29, 1.82) is 0 Å². The highest BCUT2D eigenvalue weighted by Gasteiger charge is 2.17. The molecule has 0 spiro atoms. The molecular formula is C21H25N3OS. The first-order valence-electron chi connectivity index (χ1n) is 9.33. The lowest BCUT2D eigenvalue weighted by atomic mass is 10.1. The van der Waals surface area contributed by atoms with Crippen molar-refractivity contribution >= 4 is 27.5 Å². The molecule has 3 heterocycles. The highest BCUT2D eigenvalue weighted by Crippen LogP contribution is 2.26. The van der Waals surface area contributed by atoms with E-state index >= 15 is 0 Å². The molecule has 1 aliphatic rings. The number of aryl methyl sites for hydroxylation is 1. The molecule has 1 aliphatic heterocycles. The van der Waals surface area contributed by atoms with Crippen LogP contribution < -0.4 is 5.32 Å². The van der Waals surface area contributed by atoms with Gasteiger partial charge in [0.2, 0.25) is 0 Å². The Morgan fingerprint density at radius 3 is 2.85 bits per heavy atom. The summed E-state index contributed by atoms with van der Waals surface area (Å²) < 4.78 is 3.31. The predicted molar refractivity (Wildman–Crippen MR) is 108 cm³/mol. The quantitative estimate of drug-likeness (QED) is 0.718. The third-order valence-corrected chi connectivity index (χ3v) is 5.94. The molecule has 0 saturated carbocycles. The van der Waals surface area contributed by atoms with Crippen molar-refractivity contribution in [3.63, 3.8) is 0 Å². The average molecular weight is 368 g/mol. The van der Waals surface area contributed by atoms with Crippen molar-refractivity contribution in [1.82, 2.24) is 14.8 Å². The lowest BCUT2D eigenvalue weighted by Gasteiger charge is -2.15. The average Bonchev–Trinajstić information content (AvgIpc) is 3.34. The standard InChI is InChI=1S/C21H25N3OS/c1-16-5-4-6-17(13-16)15-24-18-7-12-26-20(18)14-19(24)21(25)22-8-11-23-9-2-3-10-23/h4-7,12-14H,2-3,8-11,15H2,1H3,(H,22,25). The number of aromatic nitrogens is 1. The van der Waals surface area contributed by atoms with Gasteiger partial charge in [-0.2, -0.15) is 0 Å². The summed E-state index contributed by atoms with van der Waals surface area (Å²) in [5, 5.41) is 5.21. The molecule has 1 aromatic carbocycles. The van der Waals surface area contributed by atoms with Crippen LogP contribution in [0.1, 0.15) is 34.5 Å². The molecule has 0 bridgehead atoms. The number of carbonyl (C=O) groups is 1. The Labute approximate surface area is 158 Å². The Balaban J connectivity index is 1.52. The summed E-state index contributed by atoms with van der Waals surface area (Å²) in [5.74, 6) is 0.0280. The highest BCUT2D eigenvalue weighted by molar-refractivity contribution is 7.17. The van der Waals surface area contributed by atoms with E-state index in [9.17, 15) is 4.79 Å². The molecule has 5 heteroatoms. The molecule has 1 saturated heterocycles. The third kappa shape index (κ3) is 3.69. The lowest BCUT2D eigenvalue weighted by Crippen LogP contribution is -2.34. The first-order chi connectivity index (χ1) is 12.7. The van der Waals surface area contributed by atoms with Gasteiger partial charge in [-0.05, 0) is 55.9 Å². The van der Waals surface area contributed by atoms with E-state index in [1.165, 1.54) is 28.7 Å². The molecule has 26 heavy (non-hydrogen) atoms. The Morgan fingerprint density at radius 2 is 2.04 bits per heavy atom. The van der Waals surface area contributed by atoms with Crippen LogP contribution in [-0.2, 0) is 6.54 Å². The van der Waals surface area contributed by atoms with Gasteiger partial charge in [0.1, 0.15) is 5.69 Å². The van der Waals surface area contributed by atoms with Gasteiger partial charge in [0, 0.05) is 19.6 Å². The summed E-state index contributed by atoms with van der Waals surface area (Å²) in [7, 11) is 0. The number of carbonyl (C=O) groups excluding carboxylic acids is 1. The first-order valence-corrected chi connectivity index (χ1v) is 10.2. The molecule has 4 rings (SSSR count). The van der Waals surface area contributed by atoms with Crippen molar-refractivity contribution in [2.45, 2.75) is 26.3 Å². The summed E-state index contributed by atoms with van der Waals surface area (Å²) in [6.07, 6.45) is 2.56. The van der Waals surface area contributed by atoms with Gasteiger partial charge in [-0.1, -0.05) is 29.8 Å². The van der Waals surface area contributed by atoms with Crippen LogP contribution in [0.4, 0.5) is 0 Å². The second kappa shape index (κ2) is 7.64. The van der Waals surface area contributed by atoms with Crippen molar-refractivity contribution in [3.8, 4) is 0 Å². The highest BCUT2D eigenvalue weighted by atomic mass is 32.1. The molecular weight excluding hydrogens is 342 g/mol. The number of rotatable bonds is 6. The zero-order chi connectivity index (χ0) is 17.9. The molecule has 2 aromatic heterocycles. The minimum atomic E-state index is 0.0280. The third-order valence-electron chi connectivity index (χ3n) is 5.09. The second-order valence-electron chi connectivity index (χ2n) is 7.08. The van der Waals surface area contributed by atoms with E-state index in [4.69, 9.17) is 0 Å². The number of fused-ring (bicyclic) bond motifs is 1. The van der Waals surface area contributed by atoms with Crippen LogP contribution in [0.25, 0.3) is 10.2 Å². The number of hydrogen-bond donors (Lipinski definition) is 1. The SMILES string of the molecule is Cc1cccc(Cn2c(C(=O)NCCN3CCCC3)cc3sccc32)c1. The summed E-state index contributed by atoms with van der Waals surface area (Å²) in [6, 6.07) is 12.6. The number of nitrogens with one attached hydrogen (secondary N) is 1. The number of amides is 1. The van der Waals surface area contributed by atoms with E-state index < -0.39 is 0 Å². The maximum absolute atomic E-state index is 12.8. The van der Waals surface area contributed by atoms with Crippen molar-refractivity contribution < 1.29 is 4.79 Å². The predicted octanol–water partition coefficient (Wildman–Crippen LogP) is 3.89. The number of nitrogens with zero attached hydrogens (tertiary/aromatic N) is 2. The Hall–Kier alpha value is -2.11. The smallest absolute Gasteiger partial charge is 0.268 e. The van der Waals surface area contributed by atoms with Crippen LogP contribution in [-0.4, -0.2) is 41.6 Å². The monoisotopic (exact) mass is 367 g/mol. The van der Waals surface area contributed by atoms with Crippen molar-refractivity contribution in [3.05, 3.63) is 58.6 Å². The van der Waals surface area contributed by atoms with Crippen LogP contribution in [0, 0.1) is 6.92 Å². The summed E-state index contributed by atoms with van der Waals surface area (Å²) in [4.78, 5) is 15.2. The van der Waals surface area contributed by atoms with Crippen LogP contribution in [0.5, 0.6) is 0 Å². The molecule has 1 fully saturated rings. The number of thiophene rings is 1. The molecule has 0 aliphatic carbocycles. The number of benzene rings is 1. The van der Waals surface area contributed by atoms with E-state index in [-0.39, 0.29) is 5.91 Å². The van der Waals surface area contributed by atoms with Gasteiger partial charge in [-0.15, -0.1) is 11.3 Å². The van der Waals surface area contributed by atoms with Crippen molar-refractivity contribution in [2.24, 2.45) is 0 Å². The van der Waals surface area contributed by atoms with Gasteiger partial charge in [0.25, 0.3) is 5.91 Å². The Kier molecular flexibility index (Phi) is 5.09. The van der Waals surface area contributed by atoms with Gasteiger partial charge < -0.3 is 14.8 Å². The summed E-state index contributed by atoms with van der Waals surface area (Å²) in [6.45, 7) is 6.80. The first kappa shape index (κ1) is 17.3. The van der Waals surface area contributed by atoms with Gasteiger partial charge in [0.15, 0.2) is 0 Å². The van der Waals surface area contributed by atoms with Gasteiger partial charge in [0.05, 0.1) is 10.2 Å². The maximum Gasteiger partial charge on any atom is 0.268 e.